The van der Waals surface area contributed by atoms with Gasteiger partial charge in [0.15, 0.2) is 5.78 Å². The van der Waals surface area contributed by atoms with Gasteiger partial charge >= 0.3 is 0 Å². The number of hydrogen-bond acceptors (Lipinski definition) is 2. The van der Waals surface area contributed by atoms with Crippen LogP contribution in [0.4, 0.5) is 0 Å². The molecule has 2 heteroatoms. The number of rotatable bonds is 4. The summed E-state index contributed by atoms with van der Waals surface area (Å²) in [5.74, 6) is 0.163. The first-order valence-corrected chi connectivity index (χ1v) is 7.33. The van der Waals surface area contributed by atoms with Gasteiger partial charge in [0.05, 0.1) is 0 Å². The molecule has 0 saturated heterocycles. The van der Waals surface area contributed by atoms with E-state index in [-0.39, 0.29) is 17.6 Å². The second kappa shape index (κ2) is 5.65. The highest BCUT2D eigenvalue weighted by molar-refractivity contribution is 6.00. The maximum atomic E-state index is 12.5. The molecule has 0 fully saturated rings. The van der Waals surface area contributed by atoms with E-state index in [0.717, 1.165) is 34.6 Å². The summed E-state index contributed by atoms with van der Waals surface area (Å²) < 4.78 is 0. The Kier molecular flexibility index (Phi) is 3.70. The molecule has 2 atom stereocenters. The molecule has 21 heavy (non-hydrogen) atoms. The molecule has 0 spiro atoms. The maximum Gasteiger partial charge on any atom is 0.163 e. The third-order valence-electron chi connectivity index (χ3n) is 4.44. The number of fused-ring (bicyclic) bond motifs is 1. The Morgan fingerprint density at radius 3 is 2.71 bits per heavy atom. The number of benzene rings is 2. The fraction of sp³-hybridized carbons (Fsp3) is 0.263. The normalized spacial score (nSPS) is 21.3. The Morgan fingerprint density at radius 2 is 1.95 bits per heavy atom. The summed E-state index contributed by atoms with van der Waals surface area (Å²) in [4.78, 5) is 23.6. The third kappa shape index (κ3) is 2.66. The molecule has 106 valence electrons. The summed E-state index contributed by atoms with van der Waals surface area (Å²) in [5, 5.41) is 2.22. The van der Waals surface area contributed by atoms with Gasteiger partial charge in [-0.25, -0.2) is 0 Å². The van der Waals surface area contributed by atoms with Crippen molar-refractivity contribution in [2.24, 2.45) is 11.8 Å². The van der Waals surface area contributed by atoms with Crippen LogP contribution in [0.1, 0.15) is 30.1 Å². The Morgan fingerprint density at radius 1 is 1.19 bits per heavy atom. The minimum absolute atomic E-state index is 0.0885. The van der Waals surface area contributed by atoms with Crippen molar-refractivity contribution in [1.82, 2.24) is 0 Å². The minimum atomic E-state index is -0.0885. The van der Waals surface area contributed by atoms with Gasteiger partial charge in [-0.05, 0) is 36.1 Å². The molecule has 0 saturated carbocycles. The second-order valence-electron chi connectivity index (χ2n) is 5.80. The van der Waals surface area contributed by atoms with Crippen LogP contribution in [0.5, 0.6) is 0 Å². The maximum absolute atomic E-state index is 12.5. The molecule has 0 N–H and O–H groups in total. The van der Waals surface area contributed by atoms with Gasteiger partial charge in [0.1, 0.15) is 6.29 Å². The van der Waals surface area contributed by atoms with Gasteiger partial charge in [0.2, 0.25) is 0 Å². The van der Waals surface area contributed by atoms with Gasteiger partial charge in [-0.15, -0.1) is 0 Å². The van der Waals surface area contributed by atoms with E-state index in [2.05, 4.69) is 6.08 Å². The number of aldehydes is 1. The molecule has 2 aromatic carbocycles. The summed E-state index contributed by atoms with van der Waals surface area (Å²) >= 11 is 0. The highest BCUT2D eigenvalue weighted by Crippen LogP contribution is 2.33. The summed E-state index contributed by atoms with van der Waals surface area (Å²) in [5.41, 5.74) is 1.84. The number of Topliss-reactive ketones (excluding diaryl/α,β-unsaturated/α-hetero) is 1. The van der Waals surface area contributed by atoms with Gasteiger partial charge in [0.25, 0.3) is 0 Å². The molecule has 0 amide bonds. The summed E-state index contributed by atoms with van der Waals surface area (Å²) in [6, 6.07) is 13.8. The predicted molar refractivity (Wildman–Crippen MR) is 84.3 cm³/mol. The fourth-order valence-corrected chi connectivity index (χ4v) is 3.14. The fourth-order valence-electron chi connectivity index (χ4n) is 3.14. The summed E-state index contributed by atoms with van der Waals surface area (Å²) in [6.45, 7) is 1.97. The van der Waals surface area contributed by atoms with Crippen LogP contribution < -0.4 is 0 Å². The Labute approximate surface area is 124 Å². The number of carbonyl (C=O) groups excluding carboxylic acids is 2. The van der Waals surface area contributed by atoms with Crippen molar-refractivity contribution < 1.29 is 9.59 Å². The van der Waals surface area contributed by atoms with Crippen molar-refractivity contribution in [2.45, 2.75) is 19.8 Å². The molecule has 1 unspecified atom stereocenters. The van der Waals surface area contributed by atoms with Gasteiger partial charge in [-0.2, -0.15) is 0 Å². The lowest BCUT2D eigenvalue weighted by Gasteiger charge is -2.15. The van der Waals surface area contributed by atoms with Crippen molar-refractivity contribution in [1.29, 1.82) is 0 Å². The molecule has 1 aliphatic carbocycles. The summed E-state index contributed by atoms with van der Waals surface area (Å²) in [6.07, 6.45) is 4.33. The van der Waals surface area contributed by atoms with Crippen molar-refractivity contribution in [3.8, 4) is 0 Å². The monoisotopic (exact) mass is 278 g/mol. The molecule has 0 bridgehead atoms. The molecule has 2 aromatic rings. The molecular formula is C19H18O2. The predicted octanol–water partition coefficient (Wildman–Crippen LogP) is 4.19. The van der Waals surface area contributed by atoms with E-state index in [1.807, 2.05) is 49.4 Å². The van der Waals surface area contributed by atoms with E-state index in [1.54, 1.807) is 0 Å². The molecule has 1 aliphatic rings. The number of allylic oxidation sites excluding steroid dienone is 2. The third-order valence-corrected chi connectivity index (χ3v) is 4.44. The Hall–Kier alpha value is -2.22. The first-order chi connectivity index (χ1) is 10.2. The Bertz CT molecular complexity index is 727. The van der Waals surface area contributed by atoms with E-state index in [0.29, 0.717) is 6.42 Å². The van der Waals surface area contributed by atoms with Crippen LogP contribution in [0.15, 0.2) is 54.1 Å². The second-order valence-corrected chi connectivity index (χ2v) is 5.80. The smallest absolute Gasteiger partial charge is 0.163 e. The van der Waals surface area contributed by atoms with Crippen LogP contribution >= 0.6 is 0 Å². The quantitative estimate of drug-likeness (QED) is 0.477. The van der Waals surface area contributed by atoms with E-state index < -0.39 is 0 Å². The highest BCUT2D eigenvalue weighted by atomic mass is 16.1. The molecule has 0 aromatic heterocycles. The zero-order valence-electron chi connectivity index (χ0n) is 12.1. The molecule has 0 heterocycles. The zero-order valence-corrected chi connectivity index (χ0v) is 12.1. The van der Waals surface area contributed by atoms with E-state index in [4.69, 9.17) is 0 Å². The van der Waals surface area contributed by atoms with Gasteiger partial charge in [0, 0.05) is 17.9 Å². The van der Waals surface area contributed by atoms with Gasteiger partial charge < -0.3 is 4.79 Å². The number of carbonyl (C=O) groups is 2. The van der Waals surface area contributed by atoms with Crippen LogP contribution in [0.25, 0.3) is 10.8 Å². The van der Waals surface area contributed by atoms with Crippen LogP contribution in [0, 0.1) is 11.8 Å². The van der Waals surface area contributed by atoms with Crippen molar-refractivity contribution in [2.75, 3.05) is 0 Å². The summed E-state index contributed by atoms with van der Waals surface area (Å²) in [7, 11) is 0. The van der Waals surface area contributed by atoms with Crippen LogP contribution in [0.2, 0.25) is 0 Å². The average molecular weight is 278 g/mol. The lowest BCUT2D eigenvalue weighted by Crippen LogP contribution is -2.16. The van der Waals surface area contributed by atoms with Crippen LogP contribution in [-0.4, -0.2) is 12.1 Å². The largest absolute Gasteiger partial charge is 0.303 e. The van der Waals surface area contributed by atoms with Crippen molar-refractivity contribution in [3.05, 3.63) is 59.7 Å². The first kappa shape index (κ1) is 13.7. The number of ketones is 1. The molecule has 0 aliphatic heterocycles. The minimum Gasteiger partial charge on any atom is -0.303 e. The van der Waals surface area contributed by atoms with Crippen LogP contribution in [-0.2, 0) is 4.79 Å². The average Bonchev–Trinajstić information content (AvgIpc) is 2.86. The first-order valence-electron chi connectivity index (χ1n) is 7.33. The Balaban J connectivity index is 1.80. The zero-order chi connectivity index (χ0) is 14.8. The van der Waals surface area contributed by atoms with E-state index >= 15 is 0 Å². The number of hydrogen-bond donors (Lipinski definition) is 0. The molecular weight excluding hydrogens is 260 g/mol. The molecule has 0 radical (unpaired) electrons. The molecule has 3 rings (SSSR count). The van der Waals surface area contributed by atoms with Crippen molar-refractivity contribution in [3.63, 3.8) is 0 Å². The van der Waals surface area contributed by atoms with Crippen molar-refractivity contribution >= 4 is 22.8 Å². The lowest BCUT2D eigenvalue weighted by molar-refractivity contribution is -0.111. The van der Waals surface area contributed by atoms with Crippen LogP contribution in [0.3, 0.4) is 0 Å². The topological polar surface area (TPSA) is 34.1 Å². The van der Waals surface area contributed by atoms with Gasteiger partial charge in [-0.3, -0.25) is 4.79 Å². The standard InChI is InChI=1S/C19H18O2/c1-13-6-7-16(18(13)12-20)11-19(21)17-9-8-14-4-2-3-5-15(14)10-17/h2-6,8-10,12,16,18H,7,11H2,1H3/t16-,18?/m0/s1. The van der Waals surface area contributed by atoms with Gasteiger partial charge in [-0.1, -0.05) is 48.0 Å². The SMILES string of the molecule is CC1=CC[C@@H](CC(=O)c2ccc3ccccc3c2)C1C=O. The lowest BCUT2D eigenvalue weighted by atomic mass is 9.87. The van der Waals surface area contributed by atoms with E-state index in [1.165, 1.54) is 0 Å². The highest BCUT2D eigenvalue weighted by Gasteiger charge is 2.29. The molecule has 2 nitrogen and oxygen atoms in total. The van der Waals surface area contributed by atoms with E-state index in [9.17, 15) is 9.59 Å².